The van der Waals surface area contributed by atoms with Crippen molar-refractivity contribution in [1.29, 1.82) is 0 Å². The van der Waals surface area contributed by atoms with Gasteiger partial charge in [-0.2, -0.15) is 0 Å². The molecule has 2 aromatic rings. The molecule has 126 valence electrons. The molecule has 1 fully saturated rings. The molecule has 1 aromatic carbocycles. The van der Waals surface area contributed by atoms with Crippen LogP contribution in [0.3, 0.4) is 0 Å². The minimum Gasteiger partial charge on any atom is -0.480 e. The quantitative estimate of drug-likeness (QED) is 0.938. The van der Waals surface area contributed by atoms with Crippen LogP contribution in [0.5, 0.6) is 5.75 Å². The Balaban J connectivity index is 1.42. The number of aliphatic hydroxyl groups is 1. The summed E-state index contributed by atoms with van der Waals surface area (Å²) >= 11 is 0. The summed E-state index contributed by atoms with van der Waals surface area (Å²) in [4.78, 5) is 14.8. The van der Waals surface area contributed by atoms with Crippen LogP contribution in [0.25, 0.3) is 0 Å². The highest BCUT2D eigenvalue weighted by Crippen LogP contribution is 2.32. The molecule has 2 aliphatic heterocycles. The Kier molecular flexibility index (Phi) is 4.02. The van der Waals surface area contributed by atoms with Gasteiger partial charge in [0.15, 0.2) is 6.10 Å². The summed E-state index contributed by atoms with van der Waals surface area (Å²) < 4.78 is 11.1. The number of amides is 1. The Hall–Kier alpha value is -2.27. The van der Waals surface area contributed by atoms with Crippen molar-refractivity contribution in [3.8, 4) is 5.75 Å². The number of para-hydroxylation sites is 1. The fraction of sp³-hybridized carbons (Fsp3) is 0.421. The molecular formula is C19H21NO4. The van der Waals surface area contributed by atoms with Gasteiger partial charge in [-0.3, -0.25) is 4.79 Å². The van der Waals surface area contributed by atoms with E-state index in [2.05, 4.69) is 0 Å². The molecule has 0 bridgehead atoms. The SMILES string of the molecule is O=C(C1Cc2ccccc2O1)N1CCCC1CC(O)c1ccco1. The fourth-order valence-corrected chi connectivity index (χ4v) is 3.73. The predicted molar refractivity (Wildman–Crippen MR) is 87.6 cm³/mol. The van der Waals surface area contributed by atoms with Crippen LogP contribution in [0.1, 0.15) is 36.7 Å². The van der Waals surface area contributed by atoms with E-state index in [0.717, 1.165) is 30.7 Å². The maximum absolute atomic E-state index is 12.9. The van der Waals surface area contributed by atoms with E-state index in [1.165, 1.54) is 0 Å². The zero-order chi connectivity index (χ0) is 16.5. The first-order chi connectivity index (χ1) is 11.7. The molecule has 3 atom stereocenters. The van der Waals surface area contributed by atoms with Crippen molar-refractivity contribution in [3.63, 3.8) is 0 Å². The molecule has 0 saturated carbocycles. The second-order valence-electron chi connectivity index (χ2n) is 6.51. The normalized spacial score (nSPS) is 23.8. The lowest BCUT2D eigenvalue weighted by Crippen LogP contribution is -2.44. The minimum atomic E-state index is -0.680. The van der Waals surface area contributed by atoms with E-state index in [4.69, 9.17) is 9.15 Å². The highest BCUT2D eigenvalue weighted by molar-refractivity contribution is 5.83. The molecule has 5 nitrogen and oxygen atoms in total. The summed E-state index contributed by atoms with van der Waals surface area (Å²) in [5.41, 5.74) is 1.09. The summed E-state index contributed by atoms with van der Waals surface area (Å²) in [5.74, 6) is 1.39. The summed E-state index contributed by atoms with van der Waals surface area (Å²) in [6.45, 7) is 0.727. The largest absolute Gasteiger partial charge is 0.480 e. The smallest absolute Gasteiger partial charge is 0.264 e. The number of hydrogen-bond acceptors (Lipinski definition) is 4. The van der Waals surface area contributed by atoms with Gasteiger partial charge < -0.3 is 19.2 Å². The third kappa shape index (κ3) is 2.80. The average Bonchev–Trinajstić information content (AvgIpc) is 3.33. The number of nitrogens with zero attached hydrogens (tertiary/aromatic N) is 1. The highest BCUT2D eigenvalue weighted by Gasteiger charge is 2.38. The number of rotatable bonds is 4. The van der Waals surface area contributed by atoms with Crippen LogP contribution in [0.2, 0.25) is 0 Å². The topological polar surface area (TPSA) is 62.9 Å². The number of likely N-dealkylation sites (tertiary alicyclic amines) is 1. The maximum atomic E-state index is 12.9. The molecule has 5 heteroatoms. The van der Waals surface area contributed by atoms with Crippen molar-refractivity contribution < 1.29 is 19.1 Å². The number of carbonyl (C=O) groups is 1. The first kappa shape index (κ1) is 15.3. The summed E-state index contributed by atoms with van der Waals surface area (Å²) in [6.07, 6.45) is 3.42. The van der Waals surface area contributed by atoms with Gasteiger partial charge in [0.2, 0.25) is 0 Å². The molecule has 1 saturated heterocycles. The summed E-state index contributed by atoms with van der Waals surface area (Å²) in [7, 11) is 0. The van der Waals surface area contributed by atoms with Crippen molar-refractivity contribution in [2.75, 3.05) is 6.54 Å². The number of hydrogen-bond donors (Lipinski definition) is 1. The molecule has 0 spiro atoms. The second-order valence-corrected chi connectivity index (χ2v) is 6.51. The molecule has 24 heavy (non-hydrogen) atoms. The van der Waals surface area contributed by atoms with Gasteiger partial charge >= 0.3 is 0 Å². The van der Waals surface area contributed by atoms with E-state index in [0.29, 0.717) is 18.6 Å². The number of ether oxygens (including phenoxy) is 1. The lowest BCUT2D eigenvalue weighted by Gasteiger charge is -2.28. The maximum Gasteiger partial charge on any atom is 0.264 e. The van der Waals surface area contributed by atoms with E-state index in [1.807, 2.05) is 29.2 Å². The van der Waals surface area contributed by atoms with Gasteiger partial charge in [0.25, 0.3) is 5.91 Å². The molecule has 0 radical (unpaired) electrons. The summed E-state index contributed by atoms with van der Waals surface area (Å²) in [6, 6.07) is 11.4. The van der Waals surface area contributed by atoms with Crippen molar-refractivity contribution >= 4 is 5.91 Å². The van der Waals surface area contributed by atoms with Crippen LogP contribution in [-0.4, -0.2) is 34.6 Å². The first-order valence-electron chi connectivity index (χ1n) is 8.49. The van der Waals surface area contributed by atoms with E-state index in [1.54, 1.807) is 18.4 Å². The van der Waals surface area contributed by atoms with Crippen LogP contribution in [0, 0.1) is 0 Å². The minimum absolute atomic E-state index is 0.0281. The second kappa shape index (κ2) is 6.32. The van der Waals surface area contributed by atoms with Gasteiger partial charge in [-0.15, -0.1) is 0 Å². The molecule has 4 rings (SSSR count). The van der Waals surface area contributed by atoms with Gasteiger partial charge in [0.05, 0.1) is 6.26 Å². The van der Waals surface area contributed by atoms with Crippen LogP contribution >= 0.6 is 0 Å². The average molecular weight is 327 g/mol. The Bertz CT molecular complexity index is 687. The van der Waals surface area contributed by atoms with Crippen molar-refractivity contribution in [1.82, 2.24) is 4.90 Å². The standard InChI is InChI=1S/C19H21NO4/c21-15(17-8-4-10-23-17)12-14-6-3-9-20(14)19(22)18-11-13-5-1-2-7-16(13)24-18/h1-2,4-5,7-8,10,14-15,18,21H,3,6,9,11-12H2. The Morgan fingerprint density at radius 3 is 2.96 bits per heavy atom. The van der Waals surface area contributed by atoms with E-state index >= 15 is 0 Å². The molecular weight excluding hydrogens is 306 g/mol. The van der Waals surface area contributed by atoms with E-state index < -0.39 is 12.2 Å². The highest BCUT2D eigenvalue weighted by atomic mass is 16.5. The van der Waals surface area contributed by atoms with Crippen LogP contribution in [0.4, 0.5) is 0 Å². The fourth-order valence-electron chi connectivity index (χ4n) is 3.73. The lowest BCUT2D eigenvalue weighted by molar-refractivity contribution is -0.139. The van der Waals surface area contributed by atoms with E-state index in [-0.39, 0.29) is 11.9 Å². The number of furan rings is 1. The Morgan fingerprint density at radius 1 is 1.29 bits per heavy atom. The number of aliphatic hydroxyl groups excluding tert-OH is 1. The number of carbonyl (C=O) groups excluding carboxylic acids is 1. The molecule has 0 aliphatic carbocycles. The third-order valence-corrected chi connectivity index (χ3v) is 4.95. The first-order valence-corrected chi connectivity index (χ1v) is 8.49. The number of benzene rings is 1. The molecule has 1 amide bonds. The van der Waals surface area contributed by atoms with E-state index in [9.17, 15) is 9.90 Å². The molecule has 1 N–H and O–H groups in total. The van der Waals surface area contributed by atoms with Gasteiger partial charge in [-0.1, -0.05) is 18.2 Å². The predicted octanol–water partition coefficient (Wildman–Crippen LogP) is 2.70. The molecule has 3 heterocycles. The molecule has 1 aromatic heterocycles. The van der Waals surface area contributed by atoms with Crippen molar-refractivity contribution in [3.05, 3.63) is 54.0 Å². The van der Waals surface area contributed by atoms with Crippen molar-refractivity contribution in [2.45, 2.75) is 43.9 Å². The van der Waals surface area contributed by atoms with Gasteiger partial charge in [-0.25, -0.2) is 0 Å². The number of fused-ring (bicyclic) bond motifs is 1. The zero-order valence-electron chi connectivity index (χ0n) is 13.4. The molecule has 3 unspecified atom stereocenters. The van der Waals surface area contributed by atoms with Crippen molar-refractivity contribution in [2.24, 2.45) is 0 Å². The van der Waals surface area contributed by atoms with Crippen LogP contribution in [0.15, 0.2) is 47.1 Å². The zero-order valence-corrected chi connectivity index (χ0v) is 13.4. The monoisotopic (exact) mass is 327 g/mol. The third-order valence-electron chi connectivity index (χ3n) is 4.95. The van der Waals surface area contributed by atoms with Gasteiger partial charge in [0.1, 0.15) is 17.6 Å². The van der Waals surface area contributed by atoms with Gasteiger partial charge in [-0.05, 0) is 36.6 Å². The van der Waals surface area contributed by atoms with Crippen LogP contribution < -0.4 is 4.74 Å². The summed E-state index contributed by atoms with van der Waals surface area (Å²) in [5, 5.41) is 10.3. The Morgan fingerprint density at radius 2 is 2.17 bits per heavy atom. The lowest BCUT2D eigenvalue weighted by atomic mass is 10.0. The van der Waals surface area contributed by atoms with Gasteiger partial charge in [0, 0.05) is 25.4 Å². The molecule has 2 aliphatic rings. The Labute approximate surface area is 140 Å². The van der Waals surface area contributed by atoms with Crippen LogP contribution in [-0.2, 0) is 11.2 Å².